The molecule has 0 bridgehead atoms. The molecule has 1 aromatic heterocycles. The summed E-state index contributed by atoms with van der Waals surface area (Å²) in [5, 5.41) is 0. The van der Waals surface area contributed by atoms with Crippen LogP contribution in [0.15, 0.2) is 12.4 Å². The minimum absolute atomic E-state index is 0.148. The van der Waals surface area contributed by atoms with E-state index in [1.807, 2.05) is 0 Å². The molecule has 1 aromatic rings. The van der Waals surface area contributed by atoms with Crippen LogP contribution in [0.3, 0.4) is 0 Å². The third-order valence-electron chi connectivity index (χ3n) is 1.31. The number of aryl methyl sites for hydroxylation is 1. The van der Waals surface area contributed by atoms with Gasteiger partial charge in [-0.25, -0.2) is 14.6 Å². The number of carbonyl (C=O) groups is 1. The van der Waals surface area contributed by atoms with Crippen LogP contribution < -0.4 is 0 Å². The first kappa shape index (κ1) is 9.24. The minimum Gasteiger partial charge on any atom is -0.422 e. The highest BCUT2D eigenvalue weighted by atomic mass is 16.7. The molecule has 1 radical (unpaired) electrons. The Labute approximate surface area is 74.1 Å². The molecule has 0 spiro atoms. The van der Waals surface area contributed by atoms with Gasteiger partial charge in [0, 0.05) is 19.4 Å². The van der Waals surface area contributed by atoms with E-state index in [4.69, 9.17) is 0 Å². The molecule has 13 heavy (non-hydrogen) atoms. The molecule has 0 aliphatic carbocycles. The summed E-state index contributed by atoms with van der Waals surface area (Å²) in [6, 6.07) is 0. The topological polar surface area (TPSA) is 70.4 Å². The summed E-state index contributed by atoms with van der Waals surface area (Å²) in [6.07, 6.45) is 3.06. The summed E-state index contributed by atoms with van der Waals surface area (Å²) in [7, 11) is 1.65. The molecule has 1 rings (SSSR count). The first-order valence-electron chi connectivity index (χ1n) is 3.39. The van der Waals surface area contributed by atoms with Gasteiger partial charge in [0.1, 0.15) is 0 Å². The van der Waals surface area contributed by atoms with Crippen LogP contribution in [0.5, 0.6) is 0 Å². The lowest BCUT2D eigenvalue weighted by atomic mass is 10.6. The molecule has 0 unspecified atom stereocenters. The van der Waals surface area contributed by atoms with Gasteiger partial charge < -0.3 is 14.0 Å². The van der Waals surface area contributed by atoms with Gasteiger partial charge in [0.2, 0.25) is 12.6 Å². The molecular formula is C7H7N2O4. The van der Waals surface area contributed by atoms with Gasteiger partial charge in [-0.1, -0.05) is 0 Å². The van der Waals surface area contributed by atoms with Gasteiger partial charge in [0.15, 0.2) is 0 Å². The smallest absolute Gasteiger partial charge is 0.420 e. The number of hydrogen-bond acceptors (Lipinski definition) is 5. The van der Waals surface area contributed by atoms with E-state index in [2.05, 4.69) is 14.5 Å². The van der Waals surface area contributed by atoms with E-state index < -0.39 is 12.8 Å². The fourth-order valence-corrected chi connectivity index (χ4v) is 0.734. The fraction of sp³-hybridized carbons (Fsp3) is 0.286. The van der Waals surface area contributed by atoms with Crippen LogP contribution in [0.4, 0.5) is 0 Å². The number of esters is 1. The molecule has 0 aromatic carbocycles. The second-order valence-corrected chi connectivity index (χ2v) is 2.14. The number of hydrogen-bond donors (Lipinski definition) is 0. The van der Waals surface area contributed by atoms with Crippen molar-refractivity contribution in [2.75, 3.05) is 6.79 Å². The molecule has 0 fully saturated rings. The molecule has 69 valence electrons. The molecule has 0 atom stereocenters. The zero-order valence-electron chi connectivity index (χ0n) is 6.89. The number of nitrogens with zero attached hydrogens (tertiary/aromatic N) is 2. The molecule has 6 nitrogen and oxygen atoms in total. The lowest BCUT2D eigenvalue weighted by Gasteiger charge is -2.01. The van der Waals surface area contributed by atoms with Crippen molar-refractivity contribution >= 4 is 12.4 Å². The summed E-state index contributed by atoms with van der Waals surface area (Å²) < 4.78 is 10.1. The van der Waals surface area contributed by atoms with Gasteiger partial charge >= 0.3 is 12.4 Å². The maximum atomic E-state index is 11.1. The van der Waals surface area contributed by atoms with Crippen molar-refractivity contribution in [2.45, 2.75) is 0 Å². The number of carbonyl (C=O) groups excluding carboxylic acids is 2. The van der Waals surface area contributed by atoms with Crippen LogP contribution in [0.2, 0.25) is 0 Å². The maximum Gasteiger partial charge on any atom is 0.420 e. The Kier molecular flexibility index (Phi) is 3.02. The minimum atomic E-state index is -0.650. The van der Waals surface area contributed by atoms with Crippen molar-refractivity contribution in [3.63, 3.8) is 0 Å². The second kappa shape index (κ2) is 4.24. The molecule has 0 saturated heterocycles. The van der Waals surface area contributed by atoms with Crippen LogP contribution in [-0.2, 0) is 21.3 Å². The van der Waals surface area contributed by atoms with Crippen molar-refractivity contribution in [1.29, 1.82) is 0 Å². The zero-order valence-corrected chi connectivity index (χ0v) is 6.89. The van der Waals surface area contributed by atoms with Crippen molar-refractivity contribution in [2.24, 2.45) is 7.05 Å². The van der Waals surface area contributed by atoms with Crippen LogP contribution in [0.25, 0.3) is 0 Å². The van der Waals surface area contributed by atoms with Crippen LogP contribution in [0.1, 0.15) is 10.6 Å². The van der Waals surface area contributed by atoms with E-state index in [-0.39, 0.29) is 5.82 Å². The van der Waals surface area contributed by atoms with E-state index in [9.17, 15) is 9.59 Å². The van der Waals surface area contributed by atoms with Crippen molar-refractivity contribution in [3.05, 3.63) is 18.2 Å². The van der Waals surface area contributed by atoms with Gasteiger partial charge in [0.25, 0.3) is 0 Å². The van der Waals surface area contributed by atoms with Crippen molar-refractivity contribution in [1.82, 2.24) is 9.55 Å². The second-order valence-electron chi connectivity index (χ2n) is 2.14. The Hall–Kier alpha value is -1.85. The van der Waals surface area contributed by atoms with Gasteiger partial charge in [-0.2, -0.15) is 0 Å². The lowest BCUT2D eigenvalue weighted by Crippen LogP contribution is -2.13. The van der Waals surface area contributed by atoms with Crippen molar-refractivity contribution in [3.8, 4) is 0 Å². The molecule has 0 amide bonds. The molecule has 0 aliphatic rings. The Morgan fingerprint density at radius 2 is 2.54 bits per heavy atom. The standard InChI is InChI=1S/C7H7N2O4/c1-9-3-2-8-6(9)7(11)13-5-12-4-10/h2-3H,5H2,1H3. The quantitative estimate of drug-likeness (QED) is 0.361. The SMILES string of the molecule is Cn1ccnc1C(=O)OCO[C]=O. The first-order valence-corrected chi connectivity index (χ1v) is 3.39. The number of aromatic nitrogens is 2. The molecule has 1 heterocycles. The maximum absolute atomic E-state index is 11.1. The number of rotatable bonds is 4. The highest BCUT2D eigenvalue weighted by molar-refractivity contribution is 5.85. The number of imidazole rings is 1. The largest absolute Gasteiger partial charge is 0.422 e. The molecule has 0 N–H and O–H groups in total. The van der Waals surface area contributed by atoms with Crippen LogP contribution >= 0.6 is 0 Å². The van der Waals surface area contributed by atoms with E-state index in [1.54, 1.807) is 13.2 Å². The van der Waals surface area contributed by atoms with Crippen LogP contribution in [-0.4, -0.2) is 28.8 Å². The summed E-state index contributed by atoms with van der Waals surface area (Å²) in [5.41, 5.74) is 0. The van der Waals surface area contributed by atoms with Gasteiger partial charge in [-0.3, -0.25) is 0 Å². The Bertz CT molecular complexity index is 307. The van der Waals surface area contributed by atoms with Gasteiger partial charge in [-0.05, 0) is 0 Å². The Morgan fingerprint density at radius 1 is 1.77 bits per heavy atom. The summed E-state index contributed by atoms with van der Waals surface area (Å²) in [5.74, 6) is -0.503. The average molecular weight is 183 g/mol. The predicted molar refractivity (Wildman–Crippen MR) is 40.3 cm³/mol. The summed E-state index contributed by atoms with van der Waals surface area (Å²) in [6.45, 7) is 0.679. The van der Waals surface area contributed by atoms with E-state index in [1.165, 1.54) is 10.8 Å². The van der Waals surface area contributed by atoms with Crippen LogP contribution in [0, 0.1) is 0 Å². The summed E-state index contributed by atoms with van der Waals surface area (Å²) >= 11 is 0. The highest BCUT2D eigenvalue weighted by Crippen LogP contribution is 1.96. The molecule has 6 heteroatoms. The molecule has 0 saturated carbocycles. The zero-order chi connectivity index (χ0) is 9.68. The summed E-state index contributed by atoms with van der Waals surface area (Å²) in [4.78, 5) is 24.4. The monoisotopic (exact) mass is 183 g/mol. The van der Waals surface area contributed by atoms with E-state index >= 15 is 0 Å². The lowest BCUT2D eigenvalue weighted by molar-refractivity contribution is 0.00909. The van der Waals surface area contributed by atoms with Crippen molar-refractivity contribution < 1.29 is 19.1 Å². The Balaban J connectivity index is 2.49. The molecular weight excluding hydrogens is 176 g/mol. The fourth-order valence-electron chi connectivity index (χ4n) is 0.734. The Morgan fingerprint density at radius 3 is 3.08 bits per heavy atom. The van der Waals surface area contributed by atoms with Gasteiger partial charge in [0.05, 0.1) is 0 Å². The normalized spacial score (nSPS) is 9.31. The van der Waals surface area contributed by atoms with Gasteiger partial charge in [-0.15, -0.1) is 0 Å². The average Bonchev–Trinajstić information content (AvgIpc) is 2.52. The van der Waals surface area contributed by atoms with E-state index in [0.717, 1.165) is 6.47 Å². The third kappa shape index (κ3) is 2.29. The third-order valence-corrected chi connectivity index (χ3v) is 1.31. The molecule has 0 aliphatic heterocycles. The van der Waals surface area contributed by atoms with E-state index in [0.29, 0.717) is 0 Å². The number of ether oxygens (including phenoxy) is 2. The first-order chi connectivity index (χ1) is 6.25. The predicted octanol–water partition coefficient (Wildman–Crippen LogP) is -0.382. The highest BCUT2D eigenvalue weighted by Gasteiger charge is 2.11.